The predicted molar refractivity (Wildman–Crippen MR) is 114 cm³/mol. The number of urea groups is 1. The molecule has 0 atom stereocenters. The van der Waals surface area contributed by atoms with E-state index in [0.29, 0.717) is 19.6 Å². The SMILES string of the molecule is CCN(CC)C(=O)CN1CCCN(C(=O)Nc2ccc3ccccc3c2)CC1. The zero-order chi connectivity index (χ0) is 19.9. The van der Waals surface area contributed by atoms with Crippen molar-refractivity contribution in [1.82, 2.24) is 14.7 Å². The number of benzene rings is 2. The summed E-state index contributed by atoms with van der Waals surface area (Å²) < 4.78 is 0. The van der Waals surface area contributed by atoms with Crippen LogP contribution >= 0.6 is 0 Å². The number of fused-ring (bicyclic) bond motifs is 1. The number of amides is 3. The van der Waals surface area contributed by atoms with Crippen LogP contribution in [0, 0.1) is 0 Å². The van der Waals surface area contributed by atoms with E-state index in [-0.39, 0.29) is 11.9 Å². The fourth-order valence-electron chi connectivity index (χ4n) is 3.67. The molecule has 1 fully saturated rings. The Hall–Kier alpha value is -2.60. The maximum Gasteiger partial charge on any atom is 0.321 e. The third-order valence-corrected chi connectivity index (χ3v) is 5.35. The predicted octanol–water partition coefficient (Wildman–Crippen LogP) is 3.25. The lowest BCUT2D eigenvalue weighted by atomic mass is 10.1. The van der Waals surface area contributed by atoms with Gasteiger partial charge in [-0.1, -0.05) is 30.3 Å². The van der Waals surface area contributed by atoms with E-state index >= 15 is 0 Å². The van der Waals surface area contributed by atoms with Gasteiger partial charge in [0.1, 0.15) is 0 Å². The molecule has 0 unspecified atom stereocenters. The first-order valence-electron chi connectivity index (χ1n) is 10.2. The van der Waals surface area contributed by atoms with Crippen molar-refractivity contribution in [3.63, 3.8) is 0 Å². The van der Waals surface area contributed by atoms with E-state index in [1.54, 1.807) is 0 Å². The zero-order valence-corrected chi connectivity index (χ0v) is 16.9. The Kier molecular flexibility index (Phi) is 6.87. The first-order chi connectivity index (χ1) is 13.6. The third-order valence-electron chi connectivity index (χ3n) is 5.35. The highest BCUT2D eigenvalue weighted by Gasteiger charge is 2.21. The van der Waals surface area contributed by atoms with Gasteiger partial charge in [0.25, 0.3) is 0 Å². The van der Waals surface area contributed by atoms with Gasteiger partial charge in [-0.15, -0.1) is 0 Å². The standard InChI is InChI=1S/C22H30N4O2/c1-3-25(4-2)21(27)17-24-12-7-13-26(15-14-24)22(28)23-20-11-10-18-8-5-6-9-19(18)16-20/h5-6,8-11,16H,3-4,7,12-15,17H2,1-2H3,(H,23,28). The Balaban J connectivity index is 1.55. The van der Waals surface area contributed by atoms with Crippen LogP contribution in [0.15, 0.2) is 42.5 Å². The second-order valence-electron chi connectivity index (χ2n) is 7.17. The average molecular weight is 383 g/mol. The molecule has 0 aliphatic carbocycles. The molecule has 6 heteroatoms. The summed E-state index contributed by atoms with van der Waals surface area (Å²) in [6.07, 6.45) is 0.872. The summed E-state index contributed by atoms with van der Waals surface area (Å²) in [5.74, 6) is 0.166. The molecule has 1 N–H and O–H groups in total. The van der Waals surface area contributed by atoms with Crippen LogP contribution in [-0.4, -0.2) is 72.5 Å². The topological polar surface area (TPSA) is 55.9 Å². The van der Waals surface area contributed by atoms with Crippen LogP contribution < -0.4 is 5.32 Å². The minimum Gasteiger partial charge on any atom is -0.342 e. The number of rotatable bonds is 5. The normalized spacial score (nSPS) is 15.3. The van der Waals surface area contributed by atoms with Gasteiger partial charge in [-0.25, -0.2) is 4.79 Å². The summed E-state index contributed by atoms with van der Waals surface area (Å²) in [6, 6.07) is 14.0. The van der Waals surface area contributed by atoms with Gasteiger partial charge < -0.3 is 15.1 Å². The van der Waals surface area contributed by atoms with Gasteiger partial charge in [-0.3, -0.25) is 9.69 Å². The van der Waals surface area contributed by atoms with E-state index in [1.807, 2.05) is 60.0 Å². The second kappa shape index (κ2) is 9.55. The van der Waals surface area contributed by atoms with Crippen LogP contribution in [0.25, 0.3) is 10.8 Å². The molecule has 1 saturated heterocycles. The van der Waals surface area contributed by atoms with Crippen LogP contribution in [-0.2, 0) is 4.79 Å². The molecule has 0 saturated carbocycles. The van der Waals surface area contributed by atoms with Gasteiger partial charge >= 0.3 is 6.03 Å². The van der Waals surface area contributed by atoms with Gasteiger partial charge in [0.2, 0.25) is 5.91 Å². The highest BCUT2D eigenvalue weighted by Crippen LogP contribution is 2.19. The van der Waals surface area contributed by atoms with Crippen LogP contribution in [0.1, 0.15) is 20.3 Å². The molecule has 1 aliphatic rings. The summed E-state index contributed by atoms with van der Waals surface area (Å²) in [4.78, 5) is 30.9. The molecule has 3 rings (SSSR count). The Labute approximate surface area is 167 Å². The van der Waals surface area contributed by atoms with E-state index in [9.17, 15) is 9.59 Å². The molecule has 3 amide bonds. The quantitative estimate of drug-likeness (QED) is 0.864. The first kappa shape index (κ1) is 20.1. The Morgan fingerprint density at radius 1 is 0.964 bits per heavy atom. The van der Waals surface area contributed by atoms with E-state index in [1.165, 1.54) is 0 Å². The number of hydrogen-bond donors (Lipinski definition) is 1. The largest absolute Gasteiger partial charge is 0.342 e. The van der Waals surface area contributed by atoms with Crippen molar-refractivity contribution in [2.45, 2.75) is 20.3 Å². The summed E-state index contributed by atoms with van der Waals surface area (Å²) >= 11 is 0. The molecule has 0 spiro atoms. The summed E-state index contributed by atoms with van der Waals surface area (Å²) in [5, 5.41) is 5.28. The monoisotopic (exact) mass is 382 g/mol. The minimum atomic E-state index is -0.0767. The van der Waals surface area contributed by atoms with Gasteiger partial charge in [0, 0.05) is 45.0 Å². The molecule has 1 aliphatic heterocycles. The van der Waals surface area contributed by atoms with Crippen molar-refractivity contribution in [2.75, 3.05) is 51.1 Å². The molecule has 0 bridgehead atoms. The number of anilines is 1. The lowest BCUT2D eigenvalue weighted by Gasteiger charge is -2.25. The van der Waals surface area contributed by atoms with Gasteiger partial charge in [-0.05, 0) is 43.2 Å². The maximum atomic E-state index is 12.7. The number of hydrogen-bond acceptors (Lipinski definition) is 3. The molecule has 2 aromatic rings. The number of nitrogens with zero attached hydrogens (tertiary/aromatic N) is 3. The van der Waals surface area contributed by atoms with Crippen molar-refractivity contribution in [3.05, 3.63) is 42.5 Å². The number of nitrogens with one attached hydrogen (secondary N) is 1. The lowest BCUT2D eigenvalue weighted by molar-refractivity contribution is -0.132. The second-order valence-corrected chi connectivity index (χ2v) is 7.17. The molecular formula is C22H30N4O2. The average Bonchev–Trinajstić information content (AvgIpc) is 2.94. The Bertz CT molecular complexity index is 819. The van der Waals surface area contributed by atoms with Crippen molar-refractivity contribution in [2.24, 2.45) is 0 Å². The molecule has 150 valence electrons. The Morgan fingerprint density at radius 2 is 1.71 bits per heavy atom. The number of carbonyl (C=O) groups is 2. The molecule has 0 aromatic heterocycles. The van der Waals surface area contributed by atoms with E-state index < -0.39 is 0 Å². The zero-order valence-electron chi connectivity index (χ0n) is 16.9. The number of likely N-dealkylation sites (N-methyl/N-ethyl adjacent to an activating group) is 1. The van der Waals surface area contributed by atoms with Crippen molar-refractivity contribution in [1.29, 1.82) is 0 Å². The summed E-state index contributed by atoms with van der Waals surface area (Å²) in [5.41, 5.74) is 0.807. The molecule has 28 heavy (non-hydrogen) atoms. The van der Waals surface area contributed by atoms with E-state index in [4.69, 9.17) is 0 Å². The smallest absolute Gasteiger partial charge is 0.321 e. The van der Waals surface area contributed by atoms with Gasteiger partial charge in [-0.2, -0.15) is 0 Å². The van der Waals surface area contributed by atoms with Crippen molar-refractivity contribution >= 4 is 28.4 Å². The molecule has 1 heterocycles. The fourth-order valence-corrected chi connectivity index (χ4v) is 3.67. The third kappa shape index (κ3) is 5.01. The van der Waals surface area contributed by atoms with E-state index in [2.05, 4.69) is 16.3 Å². The van der Waals surface area contributed by atoms with E-state index in [0.717, 1.165) is 49.1 Å². The molecular weight excluding hydrogens is 352 g/mol. The highest BCUT2D eigenvalue weighted by molar-refractivity contribution is 5.93. The van der Waals surface area contributed by atoms with Gasteiger partial charge in [0.05, 0.1) is 6.54 Å². The Morgan fingerprint density at radius 3 is 2.46 bits per heavy atom. The maximum absolute atomic E-state index is 12.7. The fraction of sp³-hybridized carbons (Fsp3) is 0.455. The molecule has 0 radical (unpaired) electrons. The lowest BCUT2D eigenvalue weighted by Crippen LogP contribution is -2.42. The van der Waals surface area contributed by atoms with Gasteiger partial charge in [0.15, 0.2) is 0 Å². The molecule has 6 nitrogen and oxygen atoms in total. The van der Waals surface area contributed by atoms with Crippen LogP contribution in [0.2, 0.25) is 0 Å². The summed E-state index contributed by atoms with van der Waals surface area (Å²) in [6.45, 7) is 8.81. The summed E-state index contributed by atoms with van der Waals surface area (Å²) in [7, 11) is 0. The molecule has 2 aromatic carbocycles. The highest BCUT2D eigenvalue weighted by atomic mass is 16.2. The van der Waals surface area contributed by atoms with Crippen LogP contribution in [0.3, 0.4) is 0 Å². The van der Waals surface area contributed by atoms with Crippen LogP contribution in [0.5, 0.6) is 0 Å². The first-order valence-corrected chi connectivity index (χ1v) is 10.2. The van der Waals surface area contributed by atoms with Crippen LogP contribution in [0.4, 0.5) is 10.5 Å². The minimum absolute atomic E-state index is 0.0767. The van der Waals surface area contributed by atoms with Crippen molar-refractivity contribution < 1.29 is 9.59 Å². The number of carbonyl (C=O) groups excluding carboxylic acids is 2. The van der Waals surface area contributed by atoms with Crippen molar-refractivity contribution in [3.8, 4) is 0 Å².